The van der Waals surface area contributed by atoms with E-state index in [0.717, 1.165) is 83.4 Å². The highest BCUT2D eigenvalue weighted by Crippen LogP contribution is 2.50. The maximum absolute atomic E-state index is 6.57. The first kappa shape index (κ1) is 33.9. The molecule has 0 fully saturated rings. The molecular formula is C55H38N2O. The molecule has 3 heteroatoms. The fourth-order valence-electron chi connectivity index (χ4n) is 9.00. The second kappa shape index (κ2) is 13.4. The first-order valence-electron chi connectivity index (χ1n) is 19.9. The Bertz CT molecular complexity index is 3190. The third-order valence-electron chi connectivity index (χ3n) is 11.9. The topological polar surface area (TPSA) is 38.9 Å². The first-order chi connectivity index (χ1) is 28.5. The number of hydrogen-bond acceptors (Lipinski definition) is 3. The number of furan rings is 1. The SMILES string of the molecule is CC1(C)c2ccccc2-c2cc(-c3ccccc3-c3cc(-c4cc(-c5ccccc5)cc(-c5cccc6c5oc5ccccc56)c4)nc(-c4ccccc4)n3)ccc21. The van der Waals surface area contributed by atoms with E-state index in [4.69, 9.17) is 14.4 Å². The molecule has 0 unspecified atom stereocenters. The third-order valence-corrected chi connectivity index (χ3v) is 11.9. The molecule has 2 aromatic heterocycles. The summed E-state index contributed by atoms with van der Waals surface area (Å²) in [5.41, 5.74) is 18.4. The van der Waals surface area contributed by atoms with E-state index < -0.39 is 0 Å². The number of nitrogens with zero attached hydrogens (tertiary/aromatic N) is 2. The van der Waals surface area contributed by atoms with Crippen molar-refractivity contribution in [1.29, 1.82) is 0 Å². The Morgan fingerprint density at radius 3 is 1.79 bits per heavy atom. The Morgan fingerprint density at radius 2 is 0.966 bits per heavy atom. The molecule has 8 aromatic carbocycles. The van der Waals surface area contributed by atoms with Gasteiger partial charge in [-0.15, -0.1) is 0 Å². The van der Waals surface area contributed by atoms with Crippen LogP contribution in [-0.2, 0) is 5.41 Å². The maximum atomic E-state index is 6.57. The molecule has 0 saturated carbocycles. The lowest BCUT2D eigenvalue weighted by atomic mass is 9.82. The second-order valence-electron chi connectivity index (χ2n) is 15.8. The van der Waals surface area contributed by atoms with Crippen molar-refractivity contribution in [3.05, 3.63) is 205 Å². The van der Waals surface area contributed by atoms with Gasteiger partial charge in [0.2, 0.25) is 0 Å². The van der Waals surface area contributed by atoms with Crippen molar-refractivity contribution < 1.29 is 4.42 Å². The summed E-state index contributed by atoms with van der Waals surface area (Å²) in [5, 5.41) is 2.22. The molecule has 11 rings (SSSR count). The van der Waals surface area contributed by atoms with Crippen LogP contribution in [0.5, 0.6) is 0 Å². The van der Waals surface area contributed by atoms with Gasteiger partial charge in [-0.05, 0) is 86.5 Å². The summed E-state index contributed by atoms with van der Waals surface area (Å²) in [5.74, 6) is 0.679. The standard InChI is InChI=1S/C55H38N2O/c1-55(2)48-26-13-11-21-43(48)47-33-37(28-29-49(47)55)41-20-9-10-22-44(41)51-34-50(56-54(57-51)36-18-7-4-8-19-36)40-31-38(35-16-5-3-6-17-35)30-39(32-40)42-24-15-25-46-45-23-12-14-27-52(45)58-53(42)46/h3-34H,1-2H3. The van der Waals surface area contributed by atoms with Crippen molar-refractivity contribution in [1.82, 2.24) is 9.97 Å². The van der Waals surface area contributed by atoms with Crippen LogP contribution in [0.1, 0.15) is 25.0 Å². The second-order valence-corrected chi connectivity index (χ2v) is 15.8. The number of aromatic nitrogens is 2. The summed E-state index contributed by atoms with van der Waals surface area (Å²) in [6.07, 6.45) is 0. The van der Waals surface area contributed by atoms with E-state index in [0.29, 0.717) is 5.82 Å². The quantitative estimate of drug-likeness (QED) is 0.170. The molecule has 274 valence electrons. The van der Waals surface area contributed by atoms with Crippen LogP contribution < -0.4 is 0 Å². The monoisotopic (exact) mass is 742 g/mol. The smallest absolute Gasteiger partial charge is 0.160 e. The molecule has 1 aliphatic carbocycles. The van der Waals surface area contributed by atoms with Gasteiger partial charge in [0.05, 0.1) is 11.4 Å². The Hall–Kier alpha value is -7.36. The number of rotatable bonds is 6. The molecule has 1 aliphatic rings. The molecule has 0 radical (unpaired) electrons. The Morgan fingerprint density at radius 1 is 0.362 bits per heavy atom. The molecule has 0 atom stereocenters. The Labute approximate surface area is 338 Å². The van der Waals surface area contributed by atoms with Crippen LogP contribution in [-0.4, -0.2) is 9.97 Å². The van der Waals surface area contributed by atoms with Crippen LogP contribution in [0.15, 0.2) is 199 Å². The molecule has 10 aromatic rings. The lowest BCUT2D eigenvalue weighted by Crippen LogP contribution is -2.14. The molecule has 0 N–H and O–H groups in total. The van der Waals surface area contributed by atoms with Gasteiger partial charge in [-0.3, -0.25) is 0 Å². The van der Waals surface area contributed by atoms with Crippen molar-refractivity contribution in [3.63, 3.8) is 0 Å². The molecule has 58 heavy (non-hydrogen) atoms. The third kappa shape index (κ3) is 5.58. The fourth-order valence-corrected chi connectivity index (χ4v) is 9.00. The largest absolute Gasteiger partial charge is 0.455 e. The summed E-state index contributed by atoms with van der Waals surface area (Å²) in [7, 11) is 0. The number of benzene rings is 8. The van der Waals surface area contributed by atoms with Crippen LogP contribution in [0, 0.1) is 0 Å². The highest BCUT2D eigenvalue weighted by molar-refractivity contribution is 6.10. The van der Waals surface area contributed by atoms with Gasteiger partial charge >= 0.3 is 0 Å². The van der Waals surface area contributed by atoms with E-state index in [2.05, 4.69) is 178 Å². The maximum Gasteiger partial charge on any atom is 0.160 e. The molecular weight excluding hydrogens is 705 g/mol. The van der Waals surface area contributed by atoms with Crippen molar-refractivity contribution >= 4 is 21.9 Å². The van der Waals surface area contributed by atoms with Gasteiger partial charge in [0.15, 0.2) is 5.82 Å². The predicted octanol–water partition coefficient (Wildman–Crippen LogP) is 14.7. The molecule has 0 amide bonds. The minimum Gasteiger partial charge on any atom is -0.455 e. The van der Waals surface area contributed by atoms with Crippen molar-refractivity contribution in [3.8, 4) is 78.4 Å². The zero-order valence-electron chi connectivity index (χ0n) is 32.3. The van der Waals surface area contributed by atoms with Gasteiger partial charge in [0.1, 0.15) is 11.2 Å². The van der Waals surface area contributed by atoms with Crippen molar-refractivity contribution in [2.45, 2.75) is 19.3 Å². The predicted molar refractivity (Wildman–Crippen MR) is 239 cm³/mol. The molecule has 0 spiro atoms. The summed E-state index contributed by atoms with van der Waals surface area (Å²) < 4.78 is 6.57. The summed E-state index contributed by atoms with van der Waals surface area (Å²) in [4.78, 5) is 10.6. The van der Waals surface area contributed by atoms with E-state index in [9.17, 15) is 0 Å². The molecule has 0 saturated heterocycles. The lowest BCUT2D eigenvalue weighted by Gasteiger charge is -2.21. The van der Waals surface area contributed by atoms with Gasteiger partial charge in [-0.2, -0.15) is 0 Å². The van der Waals surface area contributed by atoms with Gasteiger partial charge in [0.25, 0.3) is 0 Å². The fraction of sp³-hybridized carbons (Fsp3) is 0.0545. The minimum atomic E-state index is -0.0564. The average molecular weight is 743 g/mol. The summed E-state index contributed by atoms with van der Waals surface area (Å²) in [6, 6.07) is 68.9. The highest BCUT2D eigenvalue weighted by Gasteiger charge is 2.35. The van der Waals surface area contributed by atoms with Crippen LogP contribution in [0.4, 0.5) is 0 Å². The van der Waals surface area contributed by atoms with Crippen LogP contribution >= 0.6 is 0 Å². The van der Waals surface area contributed by atoms with Crippen LogP contribution in [0.25, 0.3) is 100 Å². The van der Waals surface area contributed by atoms with E-state index >= 15 is 0 Å². The lowest BCUT2D eigenvalue weighted by molar-refractivity contribution is 0.660. The zero-order valence-corrected chi connectivity index (χ0v) is 32.3. The van der Waals surface area contributed by atoms with Crippen LogP contribution in [0.2, 0.25) is 0 Å². The average Bonchev–Trinajstić information content (AvgIpc) is 3.78. The number of fused-ring (bicyclic) bond motifs is 6. The Balaban J connectivity index is 1.12. The normalized spacial score (nSPS) is 12.8. The molecule has 2 heterocycles. The minimum absolute atomic E-state index is 0.0564. The highest BCUT2D eigenvalue weighted by atomic mass is 16.3. The van der Waals surface area contributed by atoms with Crippen molar-refractivity contribution in [2.24, 2.45) is 0 Å². The first-order valence-corrected chi connectivity index (χ1v) is 19.9. The Kier molecular flexibility index (Phi) is 7.84. The van der Waals surface area contributed by atoms with Crippen molar-refractivity contribution in [2.75, 3.05) is 0 Å². The number of para-hydroxylation sites is 2. The van der Waals surface area contributed by atoms with Gasteiger partial charge in [-0.25, -0.2) is 9.97 Å². The van der Waals surface area contributed by atoms with E-state index in [-0.39, 0.29) is 5.41 Å². The summed E-state index contributed by atoms with van der Waals surface area (Å²) >= 11 is 0. The molecule has 0 aliphatic heterocycles. The van der Waals surface area contributed by atoms with E-state index in [1.807, 2.05) is 30.3 Å². The van der Waals surface area contributed by atoms with E-state index in [1.54, 1.807) is 0 Å². The van der Waals surface area contributed by atoms with Crippen LogP contribution in [0.3, 0.4) is 0 Å². The van der Waals surface area contributed by atoms with Gasteiger partial charge < -0.3 is 4.42 Å². The van der Waals surface area contributed by atoms with Gasteiger partial charge in [-0.1, -0.05) is 172 Å². The molecule has 3 nitrogen and oxygen atoms in total. The van der Waals surface area contributed by atoms with E-state index in [1.165, 1.54) is 22.3 Å². The van der Waals surface area contributed by atoms with Gasteiger partial charge in [0, 0.05) is 38.4 Å². The molecule has 0 bridgehead atoms. The zero-order chi connectivity index (χ0) is 38.8. The summed E-state index contributed by atoms with van der Waals surface area (Å²) in [6.45, 7) is 4.66. The number of hydrogen-bond donors (Lipinski definition) is 0.